The highest BCUT2D eigenvalue weighted by atomic mass is 15.2. The number of aryl methyl sites for hydroxylation is 4. The average Bonchev–Trinajstić information content (AvgIpc) is 1.22. The van der Waals surface area contributed by atoms with E-state index in [-0.39, 0.29) is 39.2 Å². The van der Waals surface area contributed by atoms with E-state index >= 15 is 0 Å². The molecule has 0 radical (unpaired) electrons. The van der Waals surface area contributed by atoms with Gasteiger partial charge in [0.1, 0.15) is 0 Å². The lowest BCUT2D eigenvalue weighted by atomic mass is 9.33. The van der Waals surface area contributed by atoms with Gasteiger partial charge in [0.25, 0.3) is 6.71 Å². The molecule has 2 aliphatic heterocycles. The summed E-state index contributed by atoms with van der Waals surface area (Å²) in [7, 11) is 0. The van der Waals surface area contributed by atoms with Crippen LogP contribution in [0, 0.1) is 27.7 Å². The van der Waals surface area contributed by atoms with Crippen molar-refractivity contribution in [3.8, 4) is 5.69 Å². The first kappa shape index (κ1) is 58.3. The third-order valence-electron chi connectivity index (χ3n) is 20.2. The van der Waals surface area contributed by atoms with Gasteiger partial charge < -0.3 is 19.3 Å². The van der Waals surface area contributed by atoms with Crippen LogP contribution in [0.3, 0.4) is 0 Å². The van der Waals surface area contributed by atoms with Crippen molar-refractivity contribution in [2.24, 2.45) is 0 Å². The molecular weight excluding hydrogens is 1050 g/mol. The molecule has 0 fully saturated rings. The van der Waals surface area contributed by atoms with E-state index in [1.165, 1.54) is 134 Å². The van der Waals surface area contributed by atoms with Gasteiger partial charge in [-0.05, 0) is 218 Å². The maximum Gasteiger partial charge on any atom is 0.252 e. The number of aromatic nitrogens is 1. The third kappa shape index (κ3) is 9.55. The molecule has 0 saturated heterocycles. The van der Waals surface area contributed by atoms with E-state index in [4.69, 9.17) is 0 Å². The highest BCUT2D eigenvalue weighted by Gasteiger charge is 2.46. The van der Waals surface area contributed by atoms with Gasteiger partial charge in [0.15, 0.2) is 0 Å². The Morgan fingerprint density at radius 1 is 0.379 bits per heavy atom. The Kier molecular flexibility index (Phi) is 13.3. The predicted octanol–water partition coefficient (Wildman–Crippen LogP) is 21.1. The first-order valence-electron chi connectivity index (χ1n) is 32.2. The minimum absolute atomic E-state index is 0.00317. The molecule has 3 aliphatic rings. The number of para-hydroxylation sites is 2. The second kappa shape index (κ2) is 19.9. The molecule has 10 aromatic rings. The second-order valence-electron chi connectivity index (χ2n) is 31.7. The molecule has 1 aromatic heterocycles. The van der Waals surface area contributed by atoms with Crippen LogP contribution in [0.1, 0.15) is 179 Å². The van der Waals surface area contributed by atoms with E-state index in [9.17, 15) is 0 Å². The lowest BCUT2D eigenvalue weighted by molar-refractivity contribution is 0.332. The quantitative estimate of drug-likeness (QED) is 0.154. The molecule has 13 rings (SSSR count). The standard InChI is InChI=1S/C82H91BN4/c1-50-40-55(78(8,9)10)41-51(2)75(50)86-69-37-30-54(77(5,6)7)44-67(69)83-66-36-33-61(49-71(66)87(73-46-57(80(14,15)16)45-72(86)74(73)83)76-52(3)42-56(43-53(76)4)79(11,12)13)84(59-32-35-64-65(47-59)82(19,20)39-38-81(64,17)18)60-31-34-63-62-28-24-25-29-68(62)85(70(63)48-60)58-26-22-21-23-27-58/h21-37,40-49H,38-39H2,1-20H3. The summed E-state index contributed by atoms with van der Waals surface area (Å²) in [6.07, 6.45) is 2.30. The van der Waals surface area contributed by atoms with Crippen molar-refractivity contribution in [1.29, 1.82) is 0 Å². The van der Waals surface area contributed by atoms with Gasteiger partial charge in [0, 0.05) is 56.3 Å². The second-order valence-corrected chi connectivity index (χ2v) is 31.7. The Morgan fingerprint density at radius 2 is 0.851 bits per heavy atom. The van der Waals surface area contributed by atoms with E-state index in [1.54, 1.807) is 0 Å². The smallest absolute Gasteiger partial charge is 0.252 e. The Labute approximate surface area is 521 Å². The number of rotatable bonds is 6. The van der Waals surface area contributed by atoms with Crippen molar-refractivity contribution in [2.45, 2.75) is 184 Å². The maximum absolute atomic E-state index is 2.72. The largest absolute Gasteiger partial charge is 0.311 e. The Balaban J connectivity index is 1.15. The first-order valence-corrected chi connectivity index (χ1v) is 32.2. The molecule has 1 aliphatic carbocycles. The van der Waals surface area contributed by atoms with Crippen LogP contribution in [-0.2, 0) is 32.5 Å². The summed E-state index contributed by atoms with van der Waals surface area (Å²) < 4.78 is 2.46. The Morgan fingerprint density at radius 3 is 1.43 bits per heavy atom. The molecular formula is C82H91BN4. The van der Waals surface area contributed by atoms with Crippen LogP contribution in [0.4, 0.5) is 51.2 Å². The number of hydrogen-bond acceptors (Lipinski definition) is 3. The molecule has 0 unspecified atom stereocenters. The zero-order valence-corrected chi connectivity index (χ0v) is 55.9. The lowest BCUT2D eigenvalue weighted by Gasteiger charge is -2.47. The summed E-state index contributed by atoms with van der Waals surface area (Å²) in [6.45, 7) is 47.5. The number of hydrogen-bond donors (Lipinski definition) is 0. The molecule has 442 valence electrons. The van der Waals surface area contributed by atoms with Crippen molar-refractivity contribution in [2.75, 3.05) is 14.7 Å². The van der Waals surface area contributed by atoms with Crippen LogP contribution in [0.2, 0.25) is 0 Å². The fourth-order valence-electron chi connectivity index (χ4n) is 15.1. The maximum atomic E-state index is 2.72. The van der Waals surface area contributed by atoms with Gasteiger partial charge >= 0.3 is 0 Å². The summed E-state index contributed by atoms with van der Waals surface area (Å²) >= 11 is 0. The predicted molar refractivity (Wildman–Crippen MR) is 379 cm³/mol. The van der Waals surface area contributed by atoms with Crippen molar-refractivity contribution in [3.05, 3.63) is 219 Å². The fraction of sp³-hybridized carbons (Fsp3) is 0.341. The summed E-state index contributed by atoms with van der Waals surface area (Å²) in [6, 6.07) is 64.5. The number of benzene rings is 9. The molecule has 0 atom stereocenters. The lowest BCUT2D eigenvalue weighted by Crippen LogP contribution is -2.61. The zero-order valence-electron chi connectivity index (χ0n) is 55.9. The van der Waals surface area contributed by atoms with E-state index in [1.807, 2.05) is 0 Å². The molecule has 0 spiro atoms. The van der Waals surface area contributed by atoms with Crippen molar-refractivity contribution >= 4 is 96.1 Å². The van der Waals surface area contributed by atoms with Crippen LogP contribution in [-0.4, -0.2) is 11.3 Å². The first-order chi connectivity index (χ1) is 40.8. The summed E-state index contributed by atoms with van der Waals surface area (Å²) in [4.78, 5) is 7.97. The Hall–Kier alpha value is -7.76. The highest BCUT2D eigenvalue weighted by Crippen LogP contribution is 2.53. The molecule has 3 heterocycles. The van der Waals surface area contributed by atoms with Gasteiger partial charge in [-0.25, -0.2) is 0 Å². The molecule has 4 nitrogen and oxygen atoms in total. The molecule has 0 amide bonds. The number of nitrogens with zero attached hydrogens (tertiary/aromatic N) is 4. The topological polar surface area (TPSA) is 14.7 Å². The van der Waals surface area contributed by atoms with Crippen molar-refractivity contribution in [1.82, 2.24) is 4.57 Å². The van der Waals surface area contributed by atoms with Gasteiger partial charge in [-0.1, -0.05) is 202 Å². The van der Waals surface area contributed by atoms with E-state index in [2.05, 4.69) is 322 Å². The van der Waals surface area contributed by atoms with Crippen LogP contribution in [0.5, 0.6) is 0 Å². The van der Waals surface area contributed by atoms with E-state index in [0.29, 0.717) is 0 Å². The molecule has 0 bridgehead atoms. The van der Waals surface area contributed by atoms with Gasteiger partial charge in [-0.3, -0.25) is 0 Å². The van der Waals surface area contributed by atoms with E-state index < -0.39 is 0 Å². The minimum atomic E-state index is -0.177. The van der Waals surface area contributed by atoms with Crippen molar-refractivity contribution in [3.63, 3.8) is 0 Å². The molecule has 87 heavy (non-hydrogen) atoms. The van der Waals surface area contributed by atoms with Crippen molar-refractivity contribution < 1.29 is 0 Å². The van der Waals surface area contributed by atoms with E-state index in [0.717, 1.165) is 29.9 Å². The average molecular weight is 1140 g/mol. The summed E-state index contributed by atoms with van der Waals surface area (Å²) in [5.74, 6) is 0. The third-order valence-corrected chi connectivity index (χ3v) is 20.2. The summed E-state index contributed by atoms with van der Waals surface area (Å²) in [5, 5.41) is 2.49. The normalized spacial score (nSPS) is 15.4. The molecule has 9 aromatic carbocycles. The van der Waals surface area contributed by atoms with Gasteiger partial charge in [0.05, 0.1) is 22.4 Å². The van der Waals surface area contributed by atoms with Crippen LogP contribution < -0.4 is 31.1 Å². The number of anilines is 9. The van der Waals surface area contributed by atoms with Gasteiger partial charge in [-0.2, -0.15) is 0 Å². The monoisotopic (exact) mass is 1140 g/mol. The van der Waals surface area contributed by atoms with Crippen LogP contribution >= 0.6 is 0 Å². The highest BCUT2D eigenvalue weighted by molar-refractivity contribution is 7.00. The SMILES string of the molecule is Cc1cc(C(C)(C)C)cc(C)c1N1c2ccc(C(C)(C)C)cc2B2c3ccc(N(c4ccc5c(c4)C(C)(C)CCC5(C)C)c4ccc5c6ccccc6n(-c6ccccc6)c5c4)cc3N(c3c(C)cc(C(C)(C)C)cc3C)c3cc(C(C)(C)C)cc1c32. The Bertz CT molecular complexity index is 4400. The molecule has 5 heteroatoms. The van der Waals surface area contributed by atoms with Crippen LogP contribution in [0.25, 0.3) is 27.5 Å². The zero-order chi connectivity index (χ0) is 62.0. The molecule has 0 N–H and O–H groups in total. The fourth-order valence-corrected chi connectivity index (χ4v) is 15.1. The van der Waals surface area contributed by atoms with Gasteiger partial charge in [-0.15, -0.1) is 0 Å². The molecule has 0 saturated carbocycles. The summed E-state index contributed by atoms with van der Waals surface area (Å²) in [5.41, 5.74) is 31.6. The number of fused-ring (bicyclic) bond motifs is 8. The van der Waals surface area contributed by atoms with Crippen LogP contribution in [0.15, 0.2) is 164 Å². The van der Waals surface area contributed by atoms with Gasteiger partial charge in [0.2, 0.25) is 0 Å². The minimum Gasteiger partial charge on any atom is -0.311 e.